The van der Waals surface area contributed by atoms with Crippen LogP contribution in [-0.2, 0) is 22.6 Å². The third kappa shape index (κ3) is 8.54. The fourth-order valence-corrected chi connectivity index (χ4v) is 9.96. The maximum atomic E-state index is 14.7. The van der Waals surface area contributed by atoms with Crippen LogP contribution in [0.3, 0.4) is 0 Å². The van der Waals surface area contributed by atoms with Crippen molar-refractivity contribution in [2.45, 2.75) is 89.0 Å². The van der Waals surface area contributed by atoms with Crippen LogP contribution in [0, 0.1) is 5.41 Å². The molecule has 3 aromatic heterocycles. The fraction of sp³-hybridized carbons (Fsp3) is 0.435. The van der Waals surface area contributed by atoms with Gasteiger partial charge in [-0.05, 0) is 91.0 Å². The molecule has 3 amide bonds. The zero-order valence-electron chi connectivity index (χ0n) is 35.3. The van der Waals surface area contributed by atoms with E-state index in [4.69, 9.17) is 21.7 Å². The standard InChI is InChI=1S/C43H44ClF3N10O3.C3H6/c1-48-34-19-37(53-57-36(41(60)49-2)21-51-39(34)57)55-17-14-29-28(4-3-5-35(29)55)33-10-6-25(20-50-33)22-54-23-42(24-54)15-12-26(13-16-42)56(43(45,46)47)27-7-9-32(44)31(18-27)30-8-11-38(58)52-40(30)59;1-2-3-1/h3-7,9-10,18-21,26,30,48H,8,11-17,22-24H2,1-2H3,(H,49,60)(H,52,58,59);1-3H2. The van der Waals surface area contributed by atoms with Crippen LogP contribution in [0.1, 0.15) is 90.9 Å². The number of benzene rings is 2. The molecule has 2 aromatic carbocycles. The summed E-state index contributed by atoms with van der Waals surface area (Å²) in [6, 6.07) is 15.7. The first-order chi connectivity index (χ1) is 30.3. The van der Waals surface area contributed by atoms with E-state index in [1.165, 1.54) is 43.7 Å². The van der Waals surface area contributed by atoms with Gasteiger partial charge in [0.25, 0.3) is 5.91 Å². The van der Waals surface area contributed by atoms with E-state index in [0.29, 0.717) is 66.4 Å². The number of imidazole rings is 1. The normalized spacial score (nSPS) is 19.5. The zero-order chi connectivity index (χ0) is 44.0. The smallest absolute Gasteiger partial charge is 0.385 e. The van der Waals surface area contributed by atoms with E-state index in [1.807, 2.05) is 31.4 Å². The fourth-order valence-electron chi connectivity index (χ4n) is 9.71. The maximum absolute atomic E-state index is 14.7. The van der Waals surface area contributed by atoms with Gasteiger partial charge in [0.1, 0.15) is 0 Å². The molecule has 5 aliphatic rings. The molecule has 330 valence electrons. The van der Waals surface area contributed by atoms with Crippen LogP contribution in [0.4, 0.5) is 36.1 Å². The highest BCUT2D eigenvalue weighted by Gasteiger charge is 2.50. The number of alkyl halides is 3. The van der Waals surface area contributed by atoms with Gasteiger partial charge in [0.2, 0.25) is 11.8 Å². The number of pyridine rings is 1. The molecule has 63 heavy (non-hydrogen) atoms. The van der Waals surface area contributed by atoms with Crippen molar-refractivity contribution >= 4 is 57.8 Å². The van der Waals surface area contributed by atoms with Gasteiger partial charge in [-0.15, -0.1) is 5.10 Å². The number of piperidine rings is 1. The first-order valence-electron chi connectivity index (χ1n) is 21.7. The van der Waals surface area contributed by atoms with Gasteiger partial charge in [-0.25, -0.2) is 9.50 Å². The average Bonchev–Trinajstić information content (AvgIpc) is 3.99. The SMILES string of the molecule is C1CC1.CNC(=O)c1cnc2c(NC)cc(N3CCc4c(-c5ccc(CN6CC7(CCC(N(c8ccc(Cl)c(C9CCC(=O)NC9=O)c8)C(F)(F)F)CC7)C6)cn5)cccc43)nn12. The van der Waals surface area contributed by atoms with E-state index >= 15 is 0 Å². The number of carbonyl (C=O) groups is 3. The minimum atomic E-state index is -4.63. The summed E-state index contributed by atoms with van der Waals surface area (Å²) in [6.45, 7) is 3.04. The van der Waals surface area contributed by atoms with E-state index < -0.39 is 30.1 Å². The van der Waals surface area contributed by atoms with Crippen molar-refractivity contribution < 1.29 is 27.6 Å². The number of hydrogen-bond acceptors (Lipinski definition) is 10. The number of likely N-dealkylation sites (tertiary alicyclic amines) is 1. The minimum Gasteiger partial charge on any atom is -0.385 e. The Balaban J connectivity index is 0.00000161. The summed E-state index contributed by atoms with van der Waals surface area (Å²) in [5, 5.41) is 13.1. The Bertz CT molecular complexity index is 2540. The maximum Gasteiger partial charge on any atom is 0.485 e. The number of hydrogen-bond donors (Lipinski definition) is 3. The lowest BCUT2D eigenvalue weighted by molar-refractivity contribution is -0.140. The first-order valence-corrected chi connectivity index (χ1v) is 22.1. The number of amides is 3. The third-order valence-electron chi connectivity index (χ3n) is 13.0. The molecule has 4 fully saturated rings. The lowest BCUT2D eigenvalue weighted by atomic mass is 9.67. The van der Waals surface area contributed by atoms with Crippen molar-refractivity contribution in [3.05, 3.63) is 94.4 Å². The highest BCUT2D eigenvalue weighted by atomic mass is 35.5. The van der Waals surface area contributed by atoms with Gasteiger partial charge in [-0.2, -0.15) is 13.2 Å². The molecule has 1 atom stereocenters. The Labute approximate surface area is 368 Å². The molecule has 6 heterocycles. The van der Waals surface area contributed by atoms with Gasteiger partial charge >= 0.3 is 6.30 Å². The van der Waals surface area contributed by atoms with Crippen LogP contribution in [0.25, 0.3) is 16.9 Å². The number of imide groups is 1. The van der Waals surface area contributed by atoms with Crippen LogP contribution >= 0.6 is 11.6 Å². The Morgan fingerprint density at radius 2 is 1.75 bits per heavy atom. The molecule has 0 bridgehead atoms. The molecule has 3 aliphatic heterocycles. The second-order valence-corrected chi connectivity index (χ2v) is 17.8. The quantitative estimate of drug-likeness (QED) is 0.0986. The lowest BCUT2D eigenvalue weighted by Gasteiger charge is -2.54. The number of anilines is 4. The number of nitrogens with zero attached hydrogens (tertiary/aromatic N) is 7. The summed E-state index contributed by atoms with van der Waals surface area (Å²) in [5.74, 6) is -1.31. The Kier molecular flexibility index (Phi) is 11.5. The van der Waals surface area contributed by atoms with Gasteiger partial charge in [-0.3, -0.25) is 34.5 Å². The van der Waals surface area contributed by atoms with Gasteiger partial charge in [-0.1, -0.05) is 49.1 Å². The van der Waals surface area contributed by atoms with Crippen molar-refractivity contribution in [1.29, 1.82) is 0 Å². The number of nitrogens with one attached hydrogen (secondary N) is 3. The highest BCUT2D eigenvalue weighted by molar-refractivity contribution is 6.31. The van der Waals surface area contributed by atoms with Crippen molar-refractivity contribution in [3.63, 3.8) is 0 Å². The molecule has 2 saturated heterocycles. The molecule has 0 radical (unpaired) electrons. The molecule has 10 rings (SSSR count). The van der Waals surface area contributed by atoms with Crippen molar-refractivity contribution in [1.82, 2.24) is 35.1 Å². The second kappa shape index (κ2) is 17.1. The van der Waals surface area contributed by atoms with Crippen LogP contribution in [-0.4, -0.2) is 88.3 Å². The molecular formula is C46H50ClF3N10O3. The zero-order valence-corrected chi connectivity index (χ0v) is 36.0. The van der Waals surface area contributed by atoms with Crippen LogP contribution in [0.5, 0.6) is 0 Å². The molecule has 3 N–H and O–H groups in total. The van der Waals surface area contributed by atoms with Gasteiger partial charge < -0.3 is 15.5 Å². The van der Waals surface area contributed by atoms with E-state index in [9.17, 15) is 27.6 Å². The highest BCUT2D eigenvalue weighted by Crippen LogP contribution is 2.48. The topological polar surface area (TPSA) is 140 Å². The van der Waals surface area contributed by atoms with Crippen LogP contribution in [0.15, 0.2) is 67.0 Å². The summed E-state index contributed by atoms with van der Waals surface area (Å²) in [6.07, 6.45) is 6.53. The number of halogens is 4. The summed E-state index contributed by atoms with van der Waals surface area (Å²) in [7, 11) is 3.39. The molecule has 17 heteroatoms. The van der Waals surface area contributed by atoms with Crippen LogP contribution in [0.2, 0.25) is 5.02 Å². The summed E-state index contributed by atoms with van der Waals surface area (Å²) < 4.78 is 45.7. The predicted octanol–water partition coefficient (Wildman–Crippen LogP) is 8.00. The van der Waals surface area contributed by atoms with Crippen molar-refractivity contribution in [2.24, 2.45) is 5.41 Å². The van der Waals surface area contributed by atoms with Gasteiger partial charge in [0, 0.05) is 87.0 Å². The molecule has 5 aromatic rings. The molecule has 13 nitrogen and oxygen atoms in total. The van der Waals surface area contributed by atoms with Gasteiger partial charge in [0.15, 0.2) is 17.2 Å². The second-order valence-electron chi connectivity index (χ2n) is 17.4. The summed E-state index contributed by atoms with van der Waals surface area (Å²) in [5.41, 5.74) is 7.07. The molecule has 1 unspecified atom stereocenters. The number of fused-ring (bicyclic) bond motifs is 2. The van der Waals surface area contributed by atoms with E-state index in [2.05, 4.69) is 48.9 Å². The third-order valence-corrected chi connectivity index (χ3v) is 13.3. The number of rotatable bonds is 9. The van der Waals surface area contributed by atoms with Crippen molar-refractivity contribution in [3.8, 4) is 11.3 Å². The van der Waals surface area contributed by atoms with E-state index in [0.717, 1.165) is 53.3 Å². The predicted molar refractivity (Wildman–Crippen MR) is 235 cm³/mol. The van der Waals surface area contributed by atoms with Gasteiger partial charge in [0.05, 0.1) is 23.5 Å². The Morgan fingerprint density at radius 1 is 0.968 bits per heavy atom. The Hall–Kier alpha value is -5.74. The number of aromatic nitrogens is 4. The van der Waals surface area contributed by atoms with Crippen molar-refractivity contribution in [2.75, 3.05) is 48.8 Å². The summed E-state index contributed by atoms with van der Waals surface area (Å²) >= 11 is 6.39. The molecule has 2 saturated carbocycles. The van der Waals surface area contributed by atoms with E-state index in [1.54, 1.807) is 11.6 Å². The molecule has 1 spiro atoms. The monoisotopic (exact) mass is 882 g/mol. The Morgan fingerprint density at radius 3 is 2.41 bits per heavy atom. The molecular weight excluding hydrogens is 833 g/mol. The average molecular weight is 883 g/mol. The lowest BCUT2D eigenvalue weighted by Crippen LogP contribution is -2.59. The number of carbonyl (C=O) groups excluding carboxylic acids is 3. The van der Waals surface area contributed by atoms with Crippen LogP contribution < -0.4 is 25.8 Å². The largest absolute Gasteiger partial charge is 0.485 e. The first kappa shape index (κ1) is 42.6. The minimum absolute atomic E-state index is 0.0231. The molecule has 2 aliphatic carbocycles. The van der Waals surface area contributed by atoms with E-state index in [-0.39, 0.29) is 34.9 Å². The summed E-state index contributed by atoms with van der Waals surface area (Å²) in [4.78, 5) is 51.1.